The lowest BCUT2D eigenvalue weighted by molar-refractivity contribution is 0.0909. The molecule has 1 amide bonds. The minimum absolute atomic E-state index is 0.0431. The smallest absolute Gasteiger partial charge is 0.251 e. The third kappa shape index (κ3) is 4.49. The zero-order valence-corrected chi connectivity index (χ0v) is 14.3. The van der Waals surface area contributed by atoms with Crippen LogP contribution in [0, 0.1) is 0 Å². The number of piperidine rings is 1. The summed E-state index contributed by atoms with van der Waals surface area (Å²) >= 11 is 5.92. The maximum Gasteiger partial charge on any atom is 0.251 e. The first-order valence-corrected chi connectivity index (χ1v) is 8.61. The highest BCUT2D eigenvalue weighted by Gasteiger charge is 2.21. The van der Waals surface area contributed by atoms with Gasteiger partial charge >= 0.3 is 0 Å². The van der Waals surface area contributed by atoms with Crippen molar-refractivity contribution in [3.63, 3.8) is 0 Å². The first-order valence-electron chi connectivity index (χ1n) is 8.23. The molecule has 0 saturated carbocycles. The normalized spacial score (nSPS) is 16.0. The Hall–Kier alpha value is -2.04. The van der Waals surface area contributed by atoms with Crippen molar-refractivity contribution in [3.05, 3.63) is 64.7 Å². The number of anilines is 1. The van der Waals surface area contributed by atoms with Crippen molar-refractivity contribution >= 4 is 23.2 Å². The Labute approximate surface area is 147 Å². The van der Waals surface area contributed by atoms with Crippen LogP contribution in [0.3, 0.4) is 0 Å². The molecular formula is C19H22ClN3O. The van der Waals surface area contributed by atoms with Crippen molar-refractivity contribution in [2.75, 3.05) is 18.8 Å². The molecule has 0 unspecified atom stereocenters. The fraction of sp³-hybridized carbons (Fsp3) is 0.316. The maximum absolute atomic E-state index is 12.3. The molecular weight excluding hydrogens is 322 g/mol. The maximum atomic E-state index is 12.3. The van der Waals surface area contributed by atoms with E-state index in [0.29, 0.717) is 11.3 Å². The molecule has 0 atom stereocenters. The molecule has 1 saturated heterocycles. The molecule has 1 aliphatic rings. The van der Waals surface area contributed by atoms with Gasteiger partial charge in [0.1, 0.15) is 0 Å². The lowest BCUT2D eigenvalue weighted by atomic mass is 10.0. The van der Waals surface area contributed by atoms with Crippen LogP contribution in [0.15, 0.2) is 48.5 Å². The zero-order valence-electron chi connectivity index (χ0n) is 13.5. The minimum Gasteiger partial charge on any atom is -0.399 e. The third-order valence-electron chi connectivity index (χ3n) is 4.39. The number of amides is 1. The van der Waals surface area contributed by atoms with Gasteiger partial charge in [-0.25, -0.2) is 0 Å². The van der Waals surface area contributed by atoms with Crippen molar-refractivity contribution < 1.29 is 4.79 Å². The van der Waals surface area contributed by atoms with E-state index in [-0.39, 0.29) is 11.9 Å². The number of nitrogens with zero attached hydrogens (tertiary/aromatic N) is 1. The van der Waals surface area contributed by atoms with E-state index in [0.717, 1.165) is 37.5 Å². The average Bonchev–Trinajstić information content (AvgIpc) is 2.59. The van der Waals surface area contributed by atoms with E-state index < -0.39 is 0 Å². The van der Waals surface area contributed by atoms with E-state index in [2.05, 4.69) is 22.3 Å². The van der Waals surface area contributed by atoms with E-state index in [4.69, 9.17) is 17.3 Å². The molecule has 4 nitrogen and oxygen atoms in total. The summed E-state index contributed by atoms with van der Waals surface area (Å²) in [7, 11) is 0. The van der Waals surface area contributed by atoms with Gasteiger partial charge < -0.3 is 11.1 Å². The number of halogens is 1. The molecule has 3 N–H and O–H groups in total. The second kappa shape index (κ2) is 7.69. The van der Waals surface area contributed by atoms with Gasteiger partial charge in [0.25, 0.3) is 5.91 Å². The number of nitrogens with one attached hydrogen (secondary N) is 1. The second-order valence-electron chi connectivity index (χ2n) is 6.28. The molecule has 0 radical (unpaired) electrons. The van der Waals surface area contributed by atoms with Crippen LogP contribution in [0.2, 0.25) is 5.02 Å². The van der Waals surface area contributed by atoms with Gasteiger partial charge in [-0.3, -0.25) is 9.69 Å². The Morgan fingerprint density at radius 2 is 1.88 bits per heavy atom. The van der Waals surface area contributed by atoms with Gasteiger partial charge in [-0.2, -0.15) is 0 Å². The quantitative estimate of drug-likeness (QED) is 0.837. The number of carbonyl (C=O) groups excluding carboxylic acids is 1. The van der Waals surface area contributed by atoms with Gasteiger partial charge in [-0.05, 0) is 48.7 Å². The lowest BCUT2D eigenvalue weighted by Gasteiger charge is -2.32. The van der Waals surface area contributed by atoms with Gasteiger partial charge in [-0.1, -0.05) is 29.8 Å². The average molecular weight is 344 g/mol. The van der Waals surface area contributed by atoms with Crippen LogP contribution in [-0.2, 0) is 6.54 Å². The first-order chi connectivity index (χ1) is 11.6. The predicted molar refractivity (Wildman–Crippen MR) is 98.1 cm³/mol. The molecule has 1 heterocycles. The molecule has 3 rings (SSSR count). The highest BCUT2D eigenvalue weighted by Crippen LogP contribution is 2.16. The van der Waals surface area contributed by atoms with Crippen molar-refractivity contribution in [3.8, 4) is 0 Å². The number of hydrogen-bond donors (Lipinski definition) is 2. The molecule has 0 aliphatic carbocycles. The van der Waals surface area contributed by atoms with Crippen LogP contribution < -0.4 is 11.1 Å². The number of likely N-dealkylation sites (tertiary alicyclic amines) is 1. The largest absolute Gasteiger partial charge is 0.399 e. The van der Waals surface area contributed by atoms with Crippen LogP contribution in [0.1, 0.15) is 28.8 Å². The minimum atomic E-state index is -0.0431. The second-order valence-corrected chi connectivity index (χ2v) is 6.71. The highest BCUT2D eigenvalue weighted by molar-refractivity contribution is 6.30. The van der Waals surface area contributed by atoms with Gasteiger partial charge in [0.05, 0.1) is 0 Å². The molecule has 2 aromatic rings. The van der Waals surface area contributed by atoms with E-state index in [9.17, 15) is 4.79 Å². The molecule has 0 spiro atoms. The molecule has 0 bridgehead atoms. The zero-order chi connectivity index (χ0) is 16.9. The molecule has 0 aromatic heterocycles. The summed E-state index contributed by atoms with van der Waals surface area (Å²) < 4.78 is 0. The summed E-state index contributed by atoms with van der Waals surface area (Å²) in [4.78, 5) is 14.7. The topological polar surface area (TPSA) is 58.4 Å². The number of nitrogens with two attached hydrogens (primary N) is 1. The van der Waals surface area contributed by atoms with Crippen LogP contribution in [0.4, 0.5) is 5.69 Å². The van der Waals surface area contributed by atoms with Gasteiger partial charge in [0.15, 0.2) is 0 Å². The van der Waals surface area contributed by atoms with Crippen LogP contribution >= 0.6 is 11.6 Å². The van der Waals surface area contributed by atoms with Crippen molar-refractivity contribution in [1.82, 2.24) is 10.2 Å². The fourth-order valence-electron chi connectivity index (χ4n) is 3.03. The van der Waals surface area contributed by atoms with Gasteiger partial charge in [0, 0.05) is 41.9 Å². The van der Waals surface area contributed by atoms with E-state index in [1.807, 2.05) is 12.1 Å². The third-order valence-corrected chi connectivity index (χ3v) is 4.64. The summed E-state index contributed by atoms with van der Waals surface area (Å²) in [6, 6.07) is 15.3. The monoisotopic (exact) mass is 343 g/mol. The van der Waals surface area contributed by atoms with Crippen LogP contribution in [0.25, 0.3) is 0 Å². The Morgan fingerprint density at radius 1 is 1.17 bits per heavy atom. The highest BCUT2D eigenvalue weighted by atomic mass is 35.5. The van der Waals surface area contributed by atoms with Crippen molar-refractivity contribution in [2.45, 2.75) is 25.4 Å². The number of carbonyl (C=O) groups is 1. The standard InChI is InChI=1S/C19H22ClN3O/c20-16-6-4-14(5-7-16)13-23-10-8-18(9-11-23)22-19(24)15-2-1-3-17(21)12-15/h1-7,12,18H,8-11,13,21H2,(H,22,24). The van der Waals surface area contributed by atoms with E-state index in [1.165, 1.54) is 5.56 Å². The van der Waals surface area contributed by atoms with Crippen molar-refractivity contribution in [1.29, 1.82) is 0 Å². The van der Waals surface area contributed by atoms with Crippen molar-refractivity contribution in [2.24, 2.45) is 0 Å². The van der Waals surface area contributed by atoms with Crippen LogP contribution in [0.5, 0.6) is 0 Å². The number of nitrogen functional groups attached to an aromatic ring is 1. The Balaban J connectivity index is 1.48. The number of hydrogen-bond acceptors (Lipinski definition) is 3. The Morgan fingerprint density at radius 3 is 2.54 bits per heavy atom. The Kier molecular flexibility index (Phi) is 5.38. The molecule has 24 heavy (non-hydrogen) atoms. The molecule has 126 valence electrons. The SMILES string of the molecule is Nc1cccc(C(=O)NC2CCN(Cc3ccc(Cl)cc3)CC2)c1. The summed E-state index contributed by atoms with van der Waals surface area (Å²) in [5, 5.41) is 3.88. The predicted octanol–water partition coefficient (Wildman–Crippen LogP) is 3.32. The fourth-order valence-corrected chi connectivity index (χ4v) is 3.16. The first kappa shape index (κ1) is 16.8. The number of benzene rings is 2. The summed E-state index contributed by atoms with van der Waals surface area (Å²) in [6.07, 6.45) is 1.92. The number of rotatable bonds is 4. The Bertz CT molecular complexity index is 694. The van der Waals surface area contributed by atoms with Gasteiger partial charge in [0.2, 0.25) is 0 Å². The molecule has 1 aliphatic heterocycles. The van der Waals surface area contributed by atoms with Crippen LogP contribution in [-0.4, -0.2) is 29.9 Å². The summed E-state index contributed by atoms with van der Waals surface area (Å²) in [5.74, 6) is -0.0431. The summed E-state index contributed by atoms with van der Waals surface area (Å²) in [5.41, 5.74) is 8.24. The van der Waals surface area contributed by atoms with Gasteiger partial charge in [-0.15, -0.1) is 0 Å². The van der Waals surface area contributed by atoms with E-state index in [1.54, 1.807) is 24.3 Å². The molecule has 2 aromatic carbocycles. The van der Waals surface area contributed by atoms with E-state index >= 15 is 0 Å². The molecule has 1 fully saturated rings. The summed E-state index contributed by atoms with van der Waals surface area (Å²) in [6.45, 7) is 2.88. The lowest BCUT2D eigenvalue weighted by Crippen LogP contribution is -2.44. The molecule has 5 heteroatoms.